The van der Waals surface area contributed by atoms with Crippen molar-refractivity contribution in [2.45, 2.75) is 52.6 Å². The molecule has 3 amide bonds. The lowest BCUT2D eigenvalue weighted by Gasteiger charge is -2.31. The number of benzene rings is 2. The number of allylic oxidation sites excluding steroid dienone is 1. The van der Waals surface area contributed by atoms with Crippen LogP contribution in [0.5, 0.6) is 11.5 Å². The van der Waals surface area contributed by atoms with E-state index in [-0.39, 0.29) is 18.6 Å². The smallest absolute Gasteiger partial charge is 0.423 e. The summed E-state index contributed by atoms with van der Waals surface area (Å²) in [7, 11) is 1.17. The number of hydrogen-bond donors (Lipinski definition) is 1. The molecule has 216 valence electrons. The molecule has 0 spiro atoms. The lowest BCUT2D eigenvalue weighted by molar-refractivity contribution is -0.137. The number of carbonyl (C=O) groups excluding carboxylic acids is 3. The Morgan fingerprint density at radius 3 is 2.46 bits per heavy atom. The molecule has 2 heterocycles. The van der Waals surface area contributed by atoms with Gasteiger partial charge in [0.1, 0.15) is 18.1 Å². The zero-order chi connectivity index (χ0) is 29.3. The van der Waals surface area contributed by atoms with Crippen molar-refractivity contribution in [3.05, 3.63) is 75.9 Å². The van der Waals surface area contributed by atoms with Gasteiger partial charge < -0.3 is 19.3 Å². The van der Waals surface area contributed by atoms with Crippen LogP contribution in [0.4, 0.5) is 4.79 Å². The fourth-order valence-corrected chi connectivity index (χ4v) is 6.54. The number of fused-ring (bicyclic) bond motifs is 3. The van der Waals surface area contributed by atoms with Crippen LogP contribution in [0.1, 0.15) is 49.3 Å². The van der Waals surface area contributed by atoms with Crippen LogP contribution < -0.4 is 4.74 Å². The van der Waals surface area contributed by atoms with Gasteiger partial charge in [-0.05, 0) is 91.6 Å². The zero-order valence-electron chi connectivity index (χ0n) is 24.0. The van der Waals surface area contributed by atoms with Gasteiger partial charge >= 0.3 is 6.09 Å². The fourth-order valence-electron chi connectivity index (χ4n) is 6.54. The van der Waals surface area contributed by atoms with Crippen LogP contribution in [-0.2, 0) is 19.1 Å². The number of phenolic OH excluding ortho intramolecular Hbond substituents is 1. The highest BCUT2D eigenvalue weighted by Gasteiger charge is 2.59. The van der Waals surface area contributed by atoms with Gasteiger partial charge in [-0.3, -0.25) is 9.59 Å². The van der Waals surface area contributed by atoms with E-state index in [4.69, 9.17) is 14.2 Å². The van der Waals surface area contributed by atoms with Crippen LogP contribution >= 0.6 is 0 Å². The van der Waals surface area contributed by atoms with Gasteiger partial charge in [0.05, 0.1) is 31.7 Å². The van der Waals surface area contributed by atoms with Gasteiger partial charge in [0, 0.05) is 5.92 Å². The number of rotatable bonds is 8. The lowest BCUT2D eigenvalue weighted by atomic mass is 9.69. The molecule has 4 atom stereocenters. The summed E-state index contributed by atoms with van der Waals surface area (Å²) >= 11 is 0. The minimum atomic E-state index is -0.939. The number of aryl methyl sites for hydroxylation is 2. The predicted molar refractivity (Wildman–Crippen MR) is 153 cm³/mol. The number of nitrogens with zero attached hydrogens (tertiary/aromatic N) is 1. The third-order valence-electron chi connectivity index (χ3n) is 8.59. The highest BCUT2D eigenvalue weighted by atomic mass is 16.5. The average Bonchev–Trinajstić information content (AvgIpc) is 3.50. The Hall–Kier alpha value is -3.91. The molecule has 0 unspecified atom stereocenters. The van der Waals surface area contributed by atoms with E-state index in [1.54, 1.807) is 0 Å². The number of hydrogen-bond acceptors (Lipinski definition) is 7. The summed E-state index contributed by atoms with van der Waals surface area (Å²) in [4.78, 5) is 39.6. The van der Waals surface area contributed by atoms with E-state index in [0.29, 0.717) is 23.7 Å². The zero-order valence-corrected chi connectivity index (χ0v) is 24.0. The molecule has 0 aromatic heterocycles. The van der Waals surface area contributed by atoms with Crippen molar-refractivity contribution < 1.29 is 33.7 Å². The van der Waals surface area contributed by atoms with E-state index < -0.39 is 29.7 Å². The topological polar surface area (TPSA) is 102 Å². The lowest BCUT2D eigenvalue weighted by Crippen LogP contribution is -2.38. The molecule has 8 heteroatoms. The Labute approximate surface area is 240 Å². The summed E-state index contributed by atoms with van der Waals surface area (Å²) < 4.78 is 17.2. The maximum absolute atomic E-state index is 13.3. The number of carbonyl (C=O) groups is 3. The van der Waals surface area contributed by atoms with Crippen molar-refractivity contribution in [1.29, 1.82) is 0 Å². The molecule has 2 aliphatic heterocycles. The number of ether oxygens (including phenoxy) is 3. The molecule has 1 aliphatic carbocycles. The summed E-state index contributed by atoms with van der Waals surface area (Å²) in [6, 6.07) is 13.4. The van der Waals surface area contributed by atoms with E-state index in [9.17, 15) is 19.5 Å². The number of imide groups is 3. The summed E-state index contributed by atoms with van der Waals surface area (Å²) in [5.41, 5.74) is 5.98. The minimum absolute atomic E-state index is 0.219. The van der Waals surface area contributed by atoms with Crippen molar-refractivity contribution >= 4 is 24.0 Å². The molecule has 2 aromatic rings. The molecule has 1 N–H and O–H groups in total. The SMILES string of the molecule is CC/C(=C\c1cc(C)c(O)c(C)c1)CC[C@H]1OC[C@H]2C1=C(COc1ccccc1)C[C@H]1C(=O)N(C(=O)OC)C(=O)[C@H]12. The normalized spacial score (nSPS) is 24.0. The monoisotopic (exact) mass is 559 g/mol. The summed E-state index contributed by atoms with van der Waals surface area (Å²) in [5, 5.41) is 10.2. The molecular formula is C33H37NO7. The molecule has 2 saturated heterocycles. The first-order valence-electron chi connectivity index (χ1n) is 14.2. The van der Waals surface area contributed by atoms with Crippen LogP contribution in [0.3, 0.4) is 0 Å². The van der Waals surface area contributed by atoms with Gasteiger partial charge in [0.25, 0.3) is 0 Å². The van der Waals surface area contributed by atoms with Gasteiger partial charge in [-0.25, -0.2) is 4.79 Å². The third kappa shape index (κ3) is 5.53. The first kappa shape index (κ1) is 28.6. The first-order valence-corrected chi connectivity index (χ1v) is 14.2. The third-order valence-corrected chi connectivity index (χ3v) is 8.59. The largest absolute Gasteiger partial charge is 0.507 e. The van der Waals surface area contributed by atoms with Gasteiger partial charge in [-0.1, -0.05) is 36.8 Å². The Morgan fingerprint density at radius 2 is 1.80 bits per heavy atom. The average molecular weight is 560 g/mol. The van der Waals surface area contributed by atoms with Crippen molar-refractivity contribution in [3.63, 3.8) is 0 Å². The Balaban J connectivity index is 1.41. The number of likely N-dealkylation sites (tertiary alicyclic amines) is 1. The van der Waals surface area contributed by atoms with E-state index in [2.05, 4.69) is 13.0 Å². The Kier molecular flexibility index (Phi) is 8.31. The second-order valence-corrected chi connectivity index (χ2v) is 11.1. The molecular weight excluding hydrogens is 522 g/mol. The van der Waals surface area contributed by atoms with Crippen molar-refractivity contribution in [1.82, 2.24) is 4.90 Å². The highest BCUT2D eigenvalue weighted by Crippen LogP contribution is 2.50. The highest BCUT2D eigenvalue weighted by molar-refractivity contribution is 6.16. The number of phenols is 1. The molecule has 2 fully saturated rings. The molecule has 0 radical (unpaired) electrons. The Bertz CT molecular complexity index is 1390. The number of amides is 3. The van der Waals surface area contributed by atoms with Crippen LogP contribution in [0, 0.1) is 31.6 Å². The van der Waals surface area contributed by atoms with Crippen LogP contribution in [0.25, 0.3) is 6.08 Å². The van der Waals surface area contributed by atoms with E-state index in [1.165, 1.54) is 12.7 Å². The minimum Gasteiger partial charge on any atom is -0.507 e. The van der Waals surface area contributed by atoms with Gasteiger partial charge in [0.15, 0.2) is 0 Å². The van der Waals surface area contributed by atoms with Crippen molar-refractivity contribution in [2.75, 3.05) is 20.3 Å². The van der Waals surface area contributed by atoms with Gasteiger partial charge in [0.2, 0.25) is 11.8 Å². The predicted octanol–water partition coefficient (Wildman–Crippen LogP) is 5.74. The summed E-state index contributed by atoms with van der Waals surface area (Å²) in [6.45, 7) is 6.51. The van der Waals surface area contributed by atoms with Crippen LogP contribution in [0.15, 0.2) is 59.2 Å². The molecule has 2 aromatic carbocycles. The molecule has 41 heavy (non-hydrogen) atoms. The van der Waals surface area contributed by atoms with Crippen LogP contribution in [-0.4, -0.2) is 54.3 Å². The fraction of sp³-hybridized carbons (Fsp3) is 0.424. The number of para-hydroxylation sites is 1. The van der Waals surface area contributed by atoms with Crippen molar-refractivity contribution in [2.24, 2.45) is 17.8 Å². The van der Waals surface area contributed by atoms with Crippen LogP contribution in [0.2, 0.25) is 0 Å². The number of aromatic hydroxyl groups is 1. The standard InChI is InChI=1S/C33H37NO7/c1-5-21(15-22-13-19(2)30(35)20(3)14-22)11-12-27-28-23(17-40-24-9-7-6-8-10-24)16-25-29(26(28)18-41-27)32(37)34(31(25)36)33(38)39-4/h6-10,13-15,25-27,29,35H,5,11-12,16-18H2,1-4H3/b21-15+/t25-,26+,27-,29-/m1/s1. The molecule has 0 saturated carbocycles. The maximum Gasteiger partial charge on any atom is 0.423 e. The van der Waals surface area contributed by atoms with Crippen molar-refractivity contribution in [3.8, 4) is 11.5 Å². The van der Waals surface area contributed by atoms with E-state index in [0.717, 1.165) is 52.8 Å². The molecule has 5 rings (SSSR count). The summed E-state index contributed by atoms with van der Waals surface area (Å²) in [6.07, 6.45) is 3.72. The number of methoxy groups -OCH3 is 1. The van der Waals surface area contributed by atoms with Gasteiger partial charge in [-0.15, -0.1) is 0 Å². The molecule has 8 nitrogen and oxygen atoms in total. The maximum atomic E-state index is 13.3. The second-order valence-electron chi connectivity index (χ2n) is 11.1. The van der Waals surface area contributed by atoms with Gasteiger partial charge in [-0.2, -0.15) is 4.90 Å². The first-order chi connectivity index (χ1) is 19.7. The summed E-state index contributed by atoms with van der Waals surface area (Å²) in [5.74, 6) is -1.56. The van der Waals surface area contributed by atoms with E-state index in [1.807, 2.05) is 56.3 Å². The van der Waals surface area contributed by atoms with E-state index >= 15 is 0 Å². The molecule has 0 bridgehead atoms. The molecule has 3 aliphatic rings. The second kappa shape index (κ2) is 11.9. The quantitative estimate of drug-likeness (QED) is 0.325. The Morgan fingerprint density at radius 1 is 1.10 bits per heavy atom.